The second-order valence-corrected chi connectivity index (χ2v) is 6.34. The first-order chi connectivity index (χ1) is 15.1. The molecule has 0 radical (unpaired) electrons. The third-order valence-corrected chi connectivity index (χ3v) is 4.21. The smallest absolute Gasteiger partial charge is 0.435 e. The van der Waals surface area contributed by atoms with Gasteiger partial charge in [-0.1, -0.05) is 0 Å². The molecule has 0 aliphatic carbocycles. The van der Waals surface area contributed by atoms with E-state index in [1.807, 2.05) is 6.07 Å². The van der Waals surface area contributed by atoms with Crippen molar-refractivity contribution < 1.29 is 32.2 Å². The third-order valence-electron chi connectivity index (χ3n) is 4.21. The highest BCUT2D eigenvalue weighted by Gasteiger charge is 2.38. The molecule has 0 bridgehead atoms. The minimum atomic E-state index is -4.87. The number of halogens is 3. The summed E-state index contributed by atoms with van der Waals surface area (Å²) in [7, 11) is 1.30. The maximum atomic E-state index is 13.4. The molecule has 0 atom stereocenters. The van der Waals surface area contributed by atoms with Crippen molar-refractivity contribution in [3.8, 4) is 23.4 Å². The molecule has 1 aromatic carbocycles. The maximum absolute atomic E-state index is 13.4. The fourth-order valence-corrected chi connectivity index (χ4v) is 2.76. The average Bonchev–Trinajstić information content (AvgIpc) is 2.73. The van der Waals surface area contributed by atoms with E-state index in [1.54, 1.807) is 0 Å². The predicted molar refractivity (Wildman–Crippen MR) is 103 cm³/mol. The molecule has 1 N–H and O–H groups in total. The SMILES string of the molecule is COc1cc(C#N)ccc1Oc1nnc(C(F)(F)F)c(C)c1C(=O)Nc1ccc[n+]([O-])c1. The van der Waals surface area contributed by atoms with Crippen LogP contribution in [0, 0.1) is 23.5 Å². The zero-order valence-corrected chi connectivity index (χ0v) is 16.6. The molecule has 0 aliphatic heterocycles. The molecule has 0 aliphatic rings. The monoisotopic (exact) mass is 445 g/mol. The molecule has 2 aromatic heterocycles. The summed E-state index contributed by atoms with van der Waals surface area (Å²) in [5.41, 5.74) is -2.15. The molecule has 12 heteroatoms. The topological polar surface area (TPSA) is 124 Å². The highest BCUT2D eigenvalue weighted by atomic mass is 19.4. The van der Waals surface area contributed by atoms with Crippen molar-refractivity contribution in [1.29, 1.82) is 5.26 Å². The van der Waals surface area contributed by atoms with Gasteiger partial charge in [-0.05, 0) is 30.7 Å². The van der Waals surface area contributed by atoms with E-state index in [2.05, 4.69) is 15.5 Å². The van der Waals surface area contributed by atoms with Crippen LogP contribution >= 0.6 is 0 Å². The van der Waals surface area contributed by atoms with Gasteiger partial charge in [0.15, 0.2) is 23.4 Å². The molecule has 0 spiro atoms. The highest BCUT2D eigenvalue weighted by Crippen LogP contribution is 2.37. The minimum absolute atomic E-state index is 0.00822. The Balaban J connectivity index is 2.09. The number of benzene rings is 1. The number of pyridine rings is 1. The Bertz CT molecular complexity index is 1220. The molecule has 32 heavy (non-hydrogen) atoms. The number of hydrogen-bond donors (Lipinski definition) is 1. The average molecular weight is 445 g/mol. The number of nitriles is 1. The van der Waals surface area contributed by atoms with E-state index in [4.69, 9.17) is 14.7 Å². The van der Waals surface area contributed by atoms with Crippen molar-refractivity contribution in [2.24, 2.45) is 0 Å². The van der Waals surface area contributed by atoms with E-state index < -0.39 is 34.8 Å². The number of rotatable bonds is 5. The van der Waals surface area contributed by atoms with Gasteiger partial charge in [-0.15, -0.1) is 10.2 Å². The number of alkyl halides is 3. The van der Waals surface area contributed by atoms with Crippen LogP contribution in [0.2, 0.25) is 0 Å². The molecule has 2 heterocycles. The lowest BCUT2D eigenvalue weighted by Crippen LogP contribution is -2.26. The molecule has 9 nitrogen and oxygen atoms in total. The van der Waals surface area contributed by atoms with E-state index >= 15 is 0 Å². The Morgan fingerprint density at radius 3 is 2.62 bits per heavy atom. The van der Waals surface area contributed by atoms with E-state index in [-0.39, 0.29) is 22.7 Å². The zero-order valence-electron chi connectivity index (χ0n) is 16.6. The quantitative estimate of drug-likeness (QED) is 0.472. The first-order valence-electron chi connectivity index (χ1n) is 8.84. The summed E-state index contributed by atoms with van der Waals surface area (Å²) in [6, 6.07) is 8.71. The Labute approximate surface area is 179 Å². The van der Waals surface area contributed by atoms with Crippen molar-refractivity contribution in [1.82, 2.24) is 10.2 Å². The van der Waals surface area contributed by atoms with Gasteiger partial charge in [-0.25, -0.2) is 0 Å². The summed E-state index contributed by atoms with van der Waals surface area (Å²) in [4.78, 5) is 12.9. The molecular formula is C20H14F3N5O4. The Kier molecular flexibility index (Phi) is 6.10. The minimum Gasteiger partial charge on any atom is -0.619 e. The highest BCUT2D eigenvalue weighted by molar-refractivity contribution is 6.06. The first kappa shape index (κ1) is 22.3. The number of anilines is 1. The van der Waals surface area contributed by atoms with E-state index in [0.29, 0.717) is 4.73 Å². The second kappa shape index (κ2) is 8.76. The number of aromatic nitrogens is 3. The van der Waals surface area contributed by atoms with Crippen LogP contribution in [0.4, 0.5) is 18.9 Å². The summed E-state index contributed by atoms with van der Waals surface area (Å²) in [6.45, 7) is 1.05. The fraction of sp³-hybridized carbons (Fsp3) is 0.150. The van der Waals surface area contributed by atoms with Gasteiger partial charge >= 0.3 is 6.18 Å². The van der Waals surface area contributed by atoms with Crippen LogP contribution in [0.5, 0.6) is 17.4 Å². The predicted octanol–water partition coefficient (Wildman–Crippen LogP) is 3.36. The van der Waals surface area contributed by atoms with Crippen molar-refractivity contribution in [2.75, 3.05) is 12.4 Å². The molecule has 1 amide bonds. The molecular weight excluding hydrogens is 431 g/mol. The normalized spacial score (nSPS) is 10.9. The van der Waals surface area contributed by atoms with Crippen molar-refractivity contribution in [2.45, 2.75) is 13.1 Å². The molecule has 3 rings (SSSR count). The standard InChI is InChI=1S/C20H14F3N5O4/c1-11-16(18(29)25-13-4-3-7-28(30)10-13)19(27-26-17(11)20(21,22)23)32-14-6-5-12(9-24)8-15(14)31-2/h3-8,10H,1-2H3,(H,25,29). The number of methoxy groups -OCH3 is 1. The Morgan fingerprint density at radius 2 is 2.00 bits per heavy atom. The Hall–Kier alpha value is -4.40. The van der Waals surface area contributed by atoms with Gasteiger partial charge in [0.2, 0.25) is 6.20 Å². The van der Waals surface area contributed by atoms with E-state index in [1.165, 1.54) is 43.6 Å². The van der Waals surface area contributed by atoms with Crippen LogP contribution in [0.3, 0.4) is 0 Å². The largest absolute Gasteiger partial charge is 0.619 e. The number of nitrogens with zero attached hydrogens (tertiary/aromatic N) is 4. The van der Waals surface area contributed by atoms with Gasteiger partial charge in [-0.2, -0.15) is 23.2 Å². The van der Waals surface area contributed by atoms with E-state index in [0.717, 1.165) is 13.1 Å². The molecule has 0 saturated carbocycles. The lowest BCUT2D eigenvalue weighted by molar-refractivity contribution is -0.604. The number of amides is 1. The zero-order chi connectivity index (χ0) is 23.5. The third kappa shape index (κ3) is 4.67. The van der Waals surface area contributed by atoms with Gasteiger partial charge in [0.05, 0.1) is 18.7 Å². The van der Waals surface area contributed by atoms with Crippen LogP contribution in [0.15, 0.2) is 42.7 Å². The molecule has 3 aromatic rings. The Morgan fingerprint density at radius 1 is 1.25 bits per heavy atom. The summed E-state index contributed by atoms with van der Waals surface area (Å²) in [5, 5.41) is 29.4. The fourth-order valence-electron chi connectivity index (χ4n) is 2.76. The summed E-state index contributed by atoms with van der Waals surface area (Å²) in [5.74, 6) is -1.45. The van der Waals surface area contributed by atoms with Crippen LogP contribution < -0.4 is 19.5 Å². The van der Waals surface area contributed by atoms with Crippen LogP contribution in [0.1, 0.15) is 27.2 Å². The van der Waals surface area contributed by atoms with E-state index in [9.17, 15) is 23.2 Å². The number of carbonyl (C=O) groups excluding carboxylic acids is 1. The lowest BCUT2D eigenvalue weighted by atomic mass is 10.1. The first-order valence-corrected chi connectivity index (χ1v) is 8.84. The van der Waals surface area contributed by atoms with Crippen molar-refractivity contribution in [3.05, 3.63) is 70.3 Å². The van der Waals surface area contributed by atoms with Gasteiger partial charge in [0.25, 0.3) is 11.8 Å². The van der Waals surface area contributed by atoms with Crippen molar-refractivity contribution >= 4 is 11.6 Å². The lowest BCUT2D eigenvalue weighted by Gasteiger charge is -2.16. The second-order valence-electron chi connectivity index (χ2n) is 6.34. The van der Waals surface area contributed by atoms with Gasteiger partial charge in [0.1, 0.15) is 11.3 Å². The van der Waals surface area contributed by atoms with Crippen LogP contribution in [0.25, 0.3) is 0 Å². The molecule has 0 fully saturated rings. The van der Waals surface area contributed by atoms with Crippen LogP contribution in [-0.2, 0) is 6.18 Å². The van der Waals surface area contributed by atoms with Gasteiger partial charge in [0, 0.05) is 12.1 Å². The number of nitrogens with one attached hydrogen (secondary N) is 1. The van der Waals surface area contributed by atoms with Gasteiger partial charge < -0.3 is 20.0 Å². The van der Waals surface area contributed by atoms with Gasteiger partial charge in [-0.3, -0.25) is 4.79 Å². The number of ether oxygens (including phenoxy) is 2. The summed E-state index contributed by atoms with van der Waals surface area (Å²) >= 11 is 0. The van der Waals surface area contributed by atoms with Crippen molar-refractivity contribution in [3.63, 3.8) is 0 Å². The number of carbonyl (C=O) groups is 1. The van der Waals surface area contributed by atoms with Crippen LogP contribution in [-0.4, -0.2) is 23.2 Å². The molecule has 0 unspecified atom stereocenters. The number of hydrogen-bond acceptors (Lipinski definition) is 7. The maximum Gasteiger partial charge on any atom is 0.435 e. The summed E-state index contributed by atoms with van der Waals surface area (Å²) < 4.78 is 51.2. The molecule has 164 valence electrons. The summed E-state index contributed by atoms with van der Waals surface area (Å²) in [6.07, 6.45) is -2.68. The molecule has 0 saturated heterocycles.